The molecule has 4 rings (SSSR count). The van der Waals surface area contributed by atoms with Crippen molar-refractivity contribution in [1.29, 1.82) is 5.26 Å². The zero-order chi connectivity index (χ0) is 24.0. The smallest absolute Gasteiger partial charge is 0.355 e. The fraction of sp³-hybridized carbons (Fsp3) is 0.417. The summed E-state index contributed by atoms with van der Waals surface area (Å²) >= 11 is 0. The molecule has 1 aromatic carbocycles. The molecule has 0 saturated heterocycles. The van der Waals surface area contributed by atoms with E-state index in [1.54, 1.807) is 43.0 Å². The molecular formula is C24H25N3O6. The van der Waals surface area contributed by atoms with Crippen molar-refractivity contribution in [3.8, 4) is 6.07 Å². The molecular weight excluding hydrogens is 426 g/mol. The average Bonchev–Trinajstić information content (AvgIpc) is 3.29. The van der Waals surface area contributed by atoms with Gasteiger partial charge >= 0.3 is 11.9 Å². The quantitative estimate of drug-likeness (QED) is 0.620. The number of nitriles is 1. The summed E-state index contributed by atoms with van der Waals surface area (Å²) in [5.74, 6) is -2.49. The van der Waals surface area contributed by atoms with Gasteiger partial charge in [0.05, 0.1) is 18.8 Å². The number of esters is 2. The Morgan fingerprint density at radius 1 is 1.15 bits per heavy atom. The van der Waals surface area contributed by atoms with E-state index in [2.05, 4.69) is 0 Å². The number of hydrogen-bond donors (Lipinski definition) is 1. The topological polar surface area (TPSA) is 132 Å². The minimum Gasteiger partial charge on any atom is -0.463 e. The van der Waals surface area contributed by atoms with E-state index in [4.69, 9.17) is 19.9 Å². The predicted octanol–water partition coefficient (Wildman–Crippen LogP) is 2.24. The second-order valence-electron chi connectivity index (χ2n) is 7.89. The highest BCUT2D eigenvalue weighted by Gasteiger charge is 2.81. The second-order valence-corrected chi connectivity index (χ2v) is 7.89. The van der Waals surface area contributed by atoms with Crippen LogP contribution in [0.15, 0.2) is 47.0 Å². The molecule has 2 aliphatic heterocycles. The highest BCUT2D eigenvalue weighted by molar-refractivity contribution is 6.19. The summed E-state index contributed by atoms with van der Waals surface area (Å²) in [4.78, 5) is 42.4. The number of nitrogens with two attached hydrogens (primary N) is 1. The first kappa shape index (κ1) is 22.4. The lowest BCUT2D eigenvalue weighted by atomic mass is 9.68. The minimum absolute atomic E-state index is 0.000438. The van der Waals surface area contributed by atoms with Gasteiger partial charge in [0.2, 0.25) is 11.6 Å². The van der Waals surface area contributed by atoms with Crippen LogP contribution in [0.5, 0.6) is 0 Å². The lowest BCUT2D eigenvalue weighted by Gasteiger charge is -2.41. The second kappa shape index (κ2) is 7.96. The van der Waals surface area contributed by atoms with Crippen LogP contribution < -0.4 is 5.73 Å². The molecule has 0 radical (unpaired) electrons. The monoisotopic (exact) mass is 451 g/mol. The average molecular weight is 451 g/mol. The van der Waals surface area contributed by atoms with E-state index in [-0.39, 0.29) is 42.5 Å². The van der Waals surface area contributed by atoms with E-state index in [1.165, 1.54) is 0 Å². The van der Waals surface area contributed by atoms with Crippen molar-refractivity contribution < 1.29 is 28.6 Å². The van der Waals surface area contributed by atoms with Crippen LogP contribution in [0.1, 0.15) is 49.5 Å². The number of unbranched alkanes of at least 4 members (excludes halogenated alkanes) is 1. The summed E-state index contributed by atoms with van der Waals surface area (Å²) in [6.45, 7) is 5.53. The van der Waals surface area contributed by atoms with Gasteiger partial charge in [0.15, 0.2) is 11.2 Å². The summed E-state index contributed by atoms with van der Waals surface area (Å²) in [6.07, 6.45) is 1.37. The molecule has 0 fully saturated rings. The number of carbonyl (C=O) groups is 3. The van der Waals surface area contributed by atoms with Crippen molar-refractivity contribution in [3.05, 3.63) is 58.1 Å². The Morgan fingerprint density at radius 3 is 2.45 bits per heavy atom. The SMILES string of the molecule is CCCCN1C(C(=O)OCC)=C(C(=O)OCC)[C@]23C(=O)c4ccccc4[C@]12OC(N)=C3C#N. The van der Waals surface area contributed by atoms with Gasteiger partial charge in [-0.1, -0.05) is 37.6 Å². The van der Waals surface area contributed by atoms with Crippen LogP contribution in [0.25, 0.3) is 0 Å². The van der Waals surface area contributed by atoms with E-state index in [9.17, 15) is 19.6 Å². The maximum Gasteiger partial charge on any atom is 0.355 e. The standard InChI is InChI=1S/C24H25N3O6/c1-4-7-12-27-18(22(30)32-6-3)17(21(29)31-5-2)23-16(13-25)20(26)33-24(23,27)15-11-9-8-10-14(15)19(23)28/h8-11H,4-7,12,26H2,1-3H3/t23-,24-/m1/s1. The number of ketones is 1. The van der Waals surface area contributed by atoms with Crippen LogP contribution >= 0.6 is 0 Å². The number of Topliss-reactive ketones (excluding diaryl/α,β-unsaturated/α-hetero) is 1. The zero-order valence-electron chi connectivity index (χ0n) is 18.8. The maximum atomic E-state index is 14.1. The Balaban J connectivity index is 2.16. The van der Waals surface area contributed by atoms with Crippen molar-refractivity contribution in [2.45, 2.75) is 39.3 Å². The predicted molar refractivity (Wildman–Crippen MR) is 115 cm³/mol. The Morgan fingerprint density at radius 2 is 1.82 bits per heavy atom. The van der Waals surface area contributed by atoms with Gasteiger partial charge in [-0.05, 0) is 20.3 Å². The van der Waals surface area contributed by atoms with Gasteiger partial charge < -0.3 is 24.8 Å². The van der Waals surface area contributed by atoms with Gasteiger partial charge in [-0.15, -0.1) is 0 Å². The normalized spacial score (nSPS) is 24.8. The van der Waals surface area contributed by atoms with Crippen LogP contribution in [0.3, 0.4) is 0 Å². The fourth-order valence-corrected chi connectivity index (χ4v) is 5.21. The molecule has 2 heterocycles. The van der Waals surface area contributed by atoms with Crippen LogP contribution in [-0.2, 0) is 29.5 Å². The molecule has 9 nitrogen and oxygen atoms in total. The van der Waals surface area contributed by atoms with Gasteiger partial charge in [0, 0.05) is 17.7 Å². The molecule has 2 N–H and O–H groups in total. The van der Waals surface area contributed by atoms with E-state index in [1.807, 2.05) is 13.0 Å². The van der Waals surface area contributed by atoms with Crippen LogP contribution in [-0.4, -0.2) is 42.4 Å². The van der Waals surface area contributed by atoms with Crippen molar-refractivity contribution in [3.63, 3.8) is 0 Å². The summed E-state index contributed by atoms with van der Waals surface area (Å²) in [6, 6.07) is 8.72. The van der Waals surface area contributed by atoms with Gasteiger partial charge in [0.25, 0.3) is 0 Å². The highest BCUT2D eigenvalue weighted by atomic mass is 16.6. The lowest BCUT2D eigenvalue weighted by Crippen LogP contribution is -2.52. The number of hydrogen-bond acceptors (Lipinski definition) is 9. The lowest BCUT2D eigenvalue weighted by molar-refractivity contribution is -0.151. The maximum absolute atomic E-state index is 14.1. The third-order valence-corrected chi connectivity index (χ3v) is 6.32. The number of fused-ring (bicyclic) bond motifs is 1. The summed E-state index contributed by atoms with van der Waals surface area (Å²) in [5.41, 5.74) is 2.59. The Hall–Kier alpha value is -3.80. The first-order chi connectivity index (χ1) is 15.9. The number of ether oxygens (including phenoxy) is 3. The van der Waals surface area contributed by atoms with Gasteiger partial charge in [0.1, 0.15) is 17.3 Å². The van der Waals surface area contributed by atoms with E-state index in [0.717, 1.165) is 6.42 Å². The van der Waals surface area contributed by atoms with Crippen LogP contribution in [0, 0.1) is 16.7 Å². The van der Waals surface area contributed by atoms with Crippen LogP contribution in [0.4, 0.5) is 0 Å². The highest BCUT2D eigenvalue weighted by Crippen LogP contribution is 2.70. The summed E-state index contributed by atoms with van der Waals surface area (Å²) in [5, 5.41) is 10.1. The molecule has 0 bridgehead atoms. The van der Waals surface area contributed by atoms with Gasteiger partial charge in [-0.3, -0.25) is 4.79 Å². The van der Waals surface area contributed by atoms with E-state index >= 15 is 0 Å². The van der Waals surface area contributed by atoms with E-state index in [0.29, 0.717) is 17.5 Å². The third kappa shape index (κ3) is 2.55. The molecule has 2 atom stereocenters. The zero-order valence-corrected chi connectivity index (χ0v) is 18.8. The molecule has 0 spiro atoms. The van der Waals surface area contributed by atoms with Crippen molar-refractivity contribution in [1.82, 2.24) is 4.90 Å². The van der Waals surface area contributed by atoms with Gasteiger partial charge in [-0.2, -0.15) is 5.26 Å². The molecule has 0 unspecified atom stereocenters. The molecule has 1 aliphatic carbocycles. The largest absolute Gasteiger partial charge is 0.463 e. The molecule has 3 aliphatic rings. The first-order valence-electron chi connectivity index (χ1n) is 11.0. The third-order valence-electron chi connectivity index (χ3n) is 6.32. The molecule has 1 aromatic rings. The van der Waals surface area contributed by atoms with Crippen molar-refractivity contribution in [2.24, 2.45) is 11.1 Å². The molecule has 172 valence electrons. The Kier molecular flexibility index (Phi) is 5.40. The fourth-order valence-electron chi connectivity index (χ4n) is 5.21. The summed E-state index contributed by atoms with van der Waals surface area (Å²) in [7, 11) is 0. The molecule has 0 amide bonds. The number of benzene rings is 1. The number of rotatable bonds is 7. The number of carbonyl (C=O) groups excluding carboxylic acids is 3. The molecule has 0 aromatic heterocycles. The van der Waals surface area contributed by atoms with E-state index < -0.39 is 28.9 Å². The minimum atomic E-state index is -1.97. The van der Waals surface area contributed by atoms with Crippen molar-refractivity contribution in [2.75, 3.05) is 19.8 Å². The van der Waals surface area contributed by atoms with Crippen LogP contribution in [0.2, 0.25) is 0 Å². The molecule has 9 heteroatoms. The Labute approximate surface area is 191 Å². The first-order valence-corrected chi connectivity index (χ1v) is 11.0. The molecule has 33 heavy (non-hydrogen) atoms. The Bertz CT molecular complexity index is 1160. The van der Waals surface area contributed by atoms with Gasteiger partial charge in [-0.25, -0.2) is 9.59 Å². The van der Waals surface area contributed by atoms with Crippen molar-refractivity contribution >= 4 is 17.7 Å². The number of nitrogens with zero attached hydrogens (tertiary/aromatic N) is 2. The summed E-state index contributed by atoms with van der Waals surface area (Å²) < 4.78 is 16.8. The molecule has 0 saturated carbocycles.